The van der Waals surface area contributed by atoms with Crippen molar-refractivity contribution in [1.82, 2.24) is 9.55 Å². The topological polar surface area (TPSA) is 47.3 Å². The molecule has 27 heavy (non-hydrogen) atoms. The minimum atomic E-state index is 0.104. The molecule has 1 heterocycles. The van der Waals surface area contributed by atoms with Crippen molar-refractivity contribution in [2.75, 3.05) is 13.2 Å². The number of hydrogen-bond acceptors (Lipinski definition) is 3. The molecular formula is C23H28N2O2. The monoisotopic (exact) mass is 364 g/mol. The predicted molar refractivity (Wildman–Crippen MR) is 110 cm³/mol. The van der Waals surface area contributed by atoms with E-state index >= 15 is 0 Å². The van der Waals surface area contributed by atoms with Gasteiger partial charge < -0.3 is 14.4 Å². The number of imidazole rings is 1. The van der Waals surface area contributed by atoms with Crippen molar-refractivity contribution in [1.29, 1.82) is 0 Å². The van der Waals surface area contributed by atoms with E-state index < -0.39 is 0 Å². The fraction of sp³-hybridized carbons (Fsp3) is 0.348. The lowest BCUT2D eigenvalue weighted by molar-refractivity contribution is 0.288. The van der Waals surface area contributed by atoms with Crippen LogP contribution >= 0.6 is 0 Å². The van der Waals surface area contributed by atoms with E-state index in [0.29, 0.717) is 13.0 Å². The summed E-state index contributed by atoms with van der Waals surface area (Å²) in [5, 5.41) is 9.39. The van der Waals surface area contributed by atoms with Crippen LogP contribution in [0.2, 0.25) is 0 Å². The highest BCUT2D eigenvalue weighted by Crippen LogP contribution is 2.22. The summed E-state index contributed by atoms with van der Waals surface area (Å²) in [6.45, 7) is 9.60. The van der Waals surface area contributed by atoms with Gasteiger partial charge in [-0.2, -0.15) is 0 Å². The van der Waals surface area contributed by atoms with E-state index in [0.717, 1.165) is 47.6 Å². The molecule has 142 valence electrons. The summed E-state index contributed by atoms with van der Waals surface area (Å²) < 4.78 is 8.23. The van der Waals surface area contributed by atoms with Crippen molar-refractivity contribution in [3.8, 4) is 5.75 Å². The molecule has 0 unspecified atom stereocenters. The van der Waals surface area contributed by atoms with E-state index in [1.807, 2.05) is 24.3 Å². The van der Waals surface area contributed by atoms with Gasteiger partial charge in [0.1, 0.15) is 11.6 Å². The maximum absolute atomic E-state index is 9.39. The SMILES string of the molecule is C=CCc1ccccc1OCCCn1c(CCO)nc2cc(C)c(C)cc21. The third kappa shape index (κ3) is 4.40. The van der Waals surface area contributed by atoms with Gasteiger partial charge in [0.05, 0.1) is 24.2 Å². The highest BCUT2D eigenvalue weighted by atomic mass is 16.5. The number of aryl methyl sites for hydroxylation is 3. The molecule has 0 spiro atoms. The molecule has 4 heteroatoms. The normalized spacial score (nSPS) is 11.1. The third-order valence-electron chi connectivity index (χ3n) is 4.90. The van der Waals surface area contributed by atoms with Crippen LogP contribution in [-0.4, -0.2) is 27.9 Å². The number of ether oxygens (including phenoxy) is 1. The summed E-state index contributed by atoms with van der Waals surface area (Å²) >= 11 is 0. The third-order valence-corrected chi connectivity index (χ3v) is 4.90. The standard InChI is InChI=1S/C23H28N2O2/c1-4-8-19-9-5-6-10-22(19)27-14-7-12-25-21-16-18(3)17(2)15-20(21)24-23(25)11-13-26/h4-6,9-10,15-16,26H,1,7-8,11-14H2,2-3H3. The second kappa shape index (κ2) is 8.87. The van der Waals surface area contributed by atoms with Gasteiger partial charge >= 0.3 is 0 Å². The predicted octanol–water partition coefficient (Wildman–Crippen LogP) is 4.39. The Kier molecular flexibility index (Phi) is 6.30. The lowest BCUT2D eigenvalue weighted by atomic mass is 10.1. The molecule has 4 nitrogen and oxygen atoms in total. The van der Waals surface area contributed by atoms with Gasteiger partial charge in [-0.25, -0.2) is 4.98 Å². The van der Waals surface area contributed by atoms with Crippen LogP contribution in [0.3, 0.4) is 0 Å². The molecule has 0 aliphatic heterocycles. The van der Waals surface area contributed by atoms with Crippen LogP contribution in [-0.2, 0) is 19.4 Å². The Labute approximate surface area is 161 Å². The van der Waals surface area contributed by atoms with Crippen LogP contribution in [0.5, 0.6) is 5.75 Å². The molecule has 3 rings (SSSR count). The lowest BCUT2D eigenvalue weighted by Crippen LogP contribution is -2.09. The van der Waals surface area contributed by atoms with E-state index in [9.17, 15) is 5.11 Å². The quantitative estimate of drug-likeness (QED) is 0.453. The fourth-order valence-electron chi connectivity index (χ4n) is 3.34. The smallest absolute Gasteiger partial charge is 0.122 e. The maximum atomic E-state index is 9.39. The molecule has 0 saturated heterocycles. The van der Waals surface area contributed by atoms with Gasteiger partial charge in [0, 0.05) is 13.0 Å². The first-order valence-corrected chi connectivity index (χ1v) is 9.53. The molecule has 0 radical (unpaired) electrons. The van der Waals surface area contributed by atoms with E-state index in [-0.39, 0.29) is 6.61 Å². The number of aliphatic hydroxyl groups excluding tert-OH is 1. The van der Waals surface area contributed by atoms with Crippen molar-refractivity contribution in [3.05, 3.63) is 71.6 Å². The highest BCUT2D eigenvalue weighted by molar-refractivity contribution is 5.78. The molecule has 0 bridgehead atoms. The molecule has 1 aromatic heterocycles. The second-order valence-electron chi connectivity index (χ2n) is 6.88. The van der Waals surface area contributed by atoms with Crippen LogP contribution in [0.15, 0.2) is 49.1 Å². The first kappa shape index (κ1) is 19.2. The average Bonchev–Trinajstić information content (AvgIpc) is 2.97. The first-order chi connectivity index (χ1) is 13.1. The summed E-state index contributed by atoms with van der Waals surface area (Å²) in [4.78, 5) is 4.73. The van der Waals surface area contributed by atoms with Crippen LogP contribution in [0.4, 0.5) is 0 Å². The van der Waals surface area contributed by atoms with Gasteiger partial charge in [-0.1, -0.05) is 24.3 Å². The Morgan fingerprint density at radius 1 is 1.19 bits per heavy atom. The van der Waals surface area contributed by atoms with E-state index in [1.165, 1.54) is 11.1 Å². The number of allylic oxidation sites excluding steroid dienone is 1. The van der Waals surface area contributed by atoms with Crippen molar-refractivity contribution < 1.29 is 9.84 Å². The fourth-order valence-corrected chi connectivity index (χ4v) is 3.34. The van der Waals surface area contributed by atoms with Crippen molar-refractivity contribution >= 4 is 11.0 Å². The van der Waals surface area contributed by atoms with Crippen molar-refractivity contribution in [2.45, 2.75) is 39.7 Å². The van der Waals surface area contributed by atoms with Gasteiger partial charge in [-0.3, -0.25) is 0 Å². The number of nitrogens with zero attached hydrogens (tertiary/aromatic N) is 2. The van der Waals surface area contributed by atoms with E-state index in [4.69, 9.17) is 9.72 Å². The van der Waals surface area contributed by atoms with Crippen LogP contribution in [0, 0.1) is 13.8 Å². The lowest BCUT2D eigenvalue weighted by Gasteiger charge is -2.12. The molecule has 2 aromatic carbocycles. The van der Waals surface area contributed by atoms with E-state index in [1.54, 1.807) is 0 Å². The zero-order chi connectivity index (χ0) is 19.2. The molecule has 0 aliphatic rings. The zero-order valence-corrected chi connectivity index (χ0v) is 16.2. The molecule has 0 saturated carbocycles. The summed E-state index contributed by atoms with van der Waals surface area (Å²) in [5.41, 5.74) is 5.79. The average molecular weight is 364 g/mol. The van der Waals surface area contributed by atoms with Gasteiger partial charge in [0.15, 0.2) is 0 Å². The number of fused-ring (bicyclic) bond motifs is 1. The van der Waals surface area contributed by atoms with Crippen LogP contribution in [0.25, 0.3) is 11.0 Å². The summed E-state index contributed by atoms with van der Waals surface area (Å²) in [5.74, 6) is 1.86. The summed E-state index contributed by atoms with van der Waals surface area (Å²) in [7, 11) is 0. The van der Waals surface area contributed by atoms with Gasteiger partial charge in [-0.05, 0) is 61.6 Å². The number of rotatable bonds is 9. The van der Waals surface area contributed by atoms with Crippen molar-refractivity contribution in [2.24, 2.45) is 0 Å². The van der Waals surface area contributed by atoms with Crippen LogP contribution in [0.1, 0.15) is 28.9 Å². The largest absolute Gasteiger partial charge is 0.493 e. The van der Waals surface area contributed by atoms with E-state index in [2.05, 4.69) is 43.2 Å². The Hall–Kier alpha value is -2.59. The number of benzene rings is 2. The van der Waals surface area contributed by atoms with Crippen molar-refractivity contribution in [3.63, 3.8) is 0 Å². The number of hydrogen-bond donors (Lipinski definition) is 1. The first-order valence-electron chi connectivity index (χ1n) is 9.53. The number of para-hydroxylation sites is 1. The molecule has 0 atom stereocenters. The highest BCUT2D eigenvalue weighted by Gasteiger charge is 2.12. The second-order valence-corrected chi connectivity index (χ2v) is 6.88. The Morgan fingerprint density at radius 2 is 1.96 bits per heavy atom. The summed E-state index contributed by atoms with van der Waals surface area (Å²) in [6.07, 6.45) is 4.14. The Balaban J connectivity index is 1.72. The maximum Gasteiger partial charge on any atom is 0.122 e. The van der Waals surface area contributed by atoms with Gasteiger partial charge in [0.25, 0.3) is 0 Å². The Morgan fingerprint density at radius 3 is 2.74 bits per heavy atom. The minimum Gasteiger partial charge on any atom is -0.493 e. The minimum absolute atomic E-state index is 0.104. The molecule has 3 aromatic rings. The molecule has 1 N–H and O–H groups in total. The Bertz CT molecular complexity index is 928. The van der Waals surface area contributed by atoms with Crippen LogP contribution < -0.4 is 4.74 Å². The molecule has 0 amide bonds. The molecule has 0 fully saturated rings. The zero-order valence-electron chi connectivity index (χ0n) is 16.2. The molecular weight excluding hydrogens is 336 g/mol. The molecule has 0 aliphatic carbocycles. The van der Waals surface area contributed by atoms with Gasteiger partial charge in [0.2, 0.25) is 0 Å². The van der Waals surface area contributed by atoms with Gasteiger partial charge in [-0.15, -0.1) is 6.58 Å². The number of aliphatic hydroxyl groups is 1. The summed E-state index contributed by atoms with van der Waals surface area (Å²) in [6, 6.07) is 12.4. The number of aromatic nitrogens is 2.